The second kappa shape index (κ2) is 6.42. The average molecular weight is 398 g/mol. The van der Waals surface area contributed by atoms with Crippen LogP contribution >= 0.6 is 27.7 Å². The Bertz CT molecular complexity index is 1110. The van der Waals surface area contributed by atoms with Crippen molar-refractivity contribution >= 4 is 49.6 Å². The number of nitrogens with zero attached hydrogens (tertiary/aromatic N) is 1. The fraction of sp³-hybridized carbons (Fsp3) is 0.0526. The van der Waals surface area contributed by atoms with Crippen LogP contribution in [0.1, 0.15) is 5.56 Å². The molecule has 4 rings (SSSR count). The molecule has 0 atom stereocenters. The molecular formula is C19H12BrNO2S. The van der Waals surface area contributed by atoms with E-state index in [0.29, 0.717) is 11.3 Å². The van der Waals surface area contributed by atoms with Crippen LogP contribution in [0.4, 0.5) is 0 Å². The minimum atomic E-state index is -0.331. The van der Waals surface area contributed by atoms with Crippen LogP contribution in [0.15, 0.2) is 79.4 Å². The summed E-state index contributed by atoms with van der Waals surface area (Å²) in [7, 11) is 0. The molecule has 0 aliphatic heterocycles. The summed E-state index contributed by atoms with van der Waals surface area (Å²) in [5, 5.41) is 3.01. The third kappa shape index (κ3) is 3.09. The zero-order valence-electron chi connectivity index (χ0n) is 12.5. The Morgan fingerprint density at radius 3 is 2.83 bits per heavy atom. The van der Waals surface area contributed by atoms with Gasteiger partial charge < -0.3 is 4.42 Å². The van der Waals surface area contributed by atoms with Crippen molar-refractivity contribution in [2.45, 2.75) is 10.8 Å². The van der Waals surface area contributed by atoms with Crippen molar-refractivity contribution in [2.24, 2.45) is 0 Å². The fourth-order valence-electron chi connectivity index (χ4n) is 2.60. The molecule has 0 saturated heterocycles. The number of thioether (sulfide) groups is 1. The predicted molar refractivity (Wildman–Crippen MR) is 101 cm³/mol. The van der Waals surface area contributed by atoms with E-state index in [1.807, 2.05) is 48.5 Å². The summed E-state index contributed by atoms with van der Waals surface area (Å²) in [4.78, 5) is 16.5. The molecule has 0 bridgehead atoms. The SMILES string of the molecule is O=c1cc(CSc2ccc3ccccc3n2)c2ccc(Br)cc2o1. The normalized spacial score (nSPS) is 11.2. The summed E-state index contributed by atoms with van der Waals surface area (Å²) < 4.78 is 6.17. The Kier molecular flexibility index (Phi) is 4.12. The molecule has 0 spiro atoms. The van der Waals surface area contributed by atoms with Gasteiger partial charge in [0.2, 0.25) is 0 Å². The third-order valence-corrected chi connectivity index (χ3v) is 5.21. The summed E-state index contributed by atoms with van der Waals surface area (Å²) in [5.41, 5.74) is 2.19. The van der Waals surface area contributed by atoms with Gasteiger partial charge in [0.05, 0.1) is 10.5 Å². The highest BCUT2D eigenvalue weighted by molar-refractivity contribution is 9.10. The number of halogens is 1. The lowest BCUT2D eigenvalue weighted by atomic mass is 10.1. The van der Waals surface area contributed by atoms with Crippen LogP contribution in [-0.2, 0) is 5.75 Å². The van der Waals surface area contributed by atoms with Crippen molar-refractivity contribution in [2.75, 3.05) is 0 Å². The Labute approximate surface area is 150 Å². The van der Waals surface area contributed by atoms with Gasteiger partial charge >= 0.3 is 5.63 Å². The van der Waals surface area contributed by atoms with E-state index < -0.39 is 0 Å². The number of benzene rings is 2. The van der Waals surface area contributed by atoms with E-state index in [-0.39, 0.29) is 5.63 Å². The van der Waals surface area contributed by atoms with E-state index in [0.717, 1.165) is 31.4 Å². The highest BCUT2D eigenvalue weighted by Gasteiger charge is 2.08. The van der Waals surface area contributed by atoms with Crippen LogP contribution in [-0.4, -0.2) is 4.98 Å². The van der Waals surface area contributed by atoms with E-state index in [1.165, 1.54) is 0 Å². The van der Waals surface area contributed by atoms with E-state index in [1.54, 1.807) is 17.8 Å². The molecule has 0 amide bonds. The molecule has 2 heterocycles. The number of rotatable bonds is 3. The second-order valence-electron chi connectivity index (χ2n) is 5.36. The Morgan fingerprint density at radius 2 is 1.92 bits per heavy atom. The van der Waals surface area contributed by atoms with Crippen molar-refractivity contribution in [1.82, 2.24) is 4.98 Å². The number of pyridine rings is 1. The number of aromatic nitrogens is 1. The molecule has 0 aliphatic carbocycles. The van der Waals surface area contributed by atoms with Gasteiger partial charge in [0, 0.05) is 27.1 Å². The van der Waals surface area contributed by atoms with Crippen LogP contribution in [0, 0.1) is 0 Å². The van der Waals surface area contributed by atoms with Crippen LogP contribution in [0.3, 0.4) is 0 Å². The first-order valence-corrected chi connectivity index (χ1v) is 9.18. The number of fused-ring (bicyclic) bond motifs is 2. The largest absolute Gasteiger partial charge is 0.423 e. The van der Waals surface area contributed by atoms with Gasteiger partial charge in [-0.15, -0.1) is 11.8 Å². The Hall–Kier alpha value is -2.11. The second-order valence-corrected chi connectivity index (χ2v) is 7.27. The molecule has 0 unspecified atom stereocenters. The van der Waals surface area contributed by atoms with Crippen LogP contribution in [0.25, 0.3) is 21.9 Å². The lowest BCUT2D eigenvalue weighted by Crippen LogP contribution is -2.00. The van der Waals surface area contributed by atoms with Crippen molar-refractivity contribution in [3.63, 3.8) is 0 Å². The monoisotopic (exact) mass is 397 g/mol. The summed E-state index contributed by atoms with van der Waals surface area (Å²) >= 11 is 5.02. The van der Waals surface area contributed by atoms with Crippen LogP contribution in [0.2, 0.25) is 0 Å². The minimum Gasteiger partial charge on any atom is -0.423 e. The summed E-state index contributed by atoms with van der Waals surface area (Å²) in [6, 6.07) is 19.4. The highest BCUT2D eigenvalue weighted by Crippen LogP contribution is 2.28. The third-order valence-electron chi connectivity index (χ3n) is 3.74. The average Bonchev–Trinajstić information content (AvgIpc) is 2.59. The molecular weight excluding hydrogens is 386 g/mol. The fourth-order valence-corrected chi connectivity index (χ4v) is 3.81. The van der Waals surface area contributed by atoms with Gasteiger partial charge in [0.25, 0.3) is 0 Å². The maximum Gasteiger partial charge on any atom is 0.336 e. The van der Waals surface area contributed by atoms with Gasteiger partial charge in [-0.1, -0.05) is 40.2 Å². The predicted octanol–water partition coefficient (Wildman–Crippen LogP) is 5.40. The molecule has 0 fully saturated rings. The zero-order valence-corrected chi connectivity index (χ0v) is 14.9. The Balaban J connectivity index is 1.67. The zero-order chi connectivity index (χ0) is 16.5. The van der Waals surface area contributed by atoms with Gasteiger partial charge in [-0.3, -0.25) is 0 Å². The van der Waals surface area contributed by atoms with E-state index in [2.05, 4.69) is 27.0 Å². The first kappa shape index (κ1) is 15.4. The molecule has 2 aromatic heterocycles. The maximum absolute atomic E-state index is 11.8. The molecule has 0 saturated carbocycles. The quantitative estimate of drug-likeness (QED) is 0.343. The molecule has 0 aliphatic rings. The van der Waals surface area contributed by atoms with Gasteiger partial charge in [0.15, 0.2) is 0 Å². The number of para-hydroxylation sites is 1. The first-order chi connectivity index (χ1) is 11.7. The van der Waals surface area contributed by atoms with Gasteiger partial charge in [-0.25, -0.2) is 9.78 Å². The van der Waals surface area contributed by atoms with Crippen molar-refractivity contribution in [3.05, 3.63) is 81.1 Å². The van der Waals surface area contributed by atoms with Crippen molar-refractivity contribution in [3.8, 4) is 0 Å². The molecule has 5 heteroatoms. The van der Waals surface area contributed by atoms with Gasteiger partial charge in [0.1, 0.15) is 5.58 Å². The van der Waals surface area contributed by atoms with Crippen molar-refractivity contribution < 1.29 is 4.42 Å². The van der Waals surface area contributed by atoms with E-state index in [4.69, 9.17) is 4.42 Å². The van der Waals surface area contributed by atoms with Gasteiger partial charge in [-0.05, 0) is 35.9 Å². The molecule has 0 N–H and O–H groups in total. The topological polar surface area (TPSA) is 43.1 Å². The lowest BCUT2D eigenvalue weighted by molar-refractivity contribution is 0.559. The van der Waals surface area contributed by atoms with E-state index in [9.17, 15) is 4.79 Å². The number of hydrogen-bond acceptors (Lipinski definition) is 4. The summed E-state index contributed by atoms with van der Waals surface area (Å²) in [6.07, 6.45) is 0. The summed E-state index contributed by atoms with van der Waals surface area (Å²) in [6.45, 7) is 0. The minimum absolute atomic E-state index is 0.331. The Morgan fingerprint density at radius 1 is 1.04 bits per heavy atom. The molecule has 118 valence electrons. The van der Waals surface area contributed by atoms with Crippen LogP contribution < -0.4 is 5.63 Å². The standard InChI is InChI=1S/C19H12BrNO2S/c20-14-6-7-15-13(9-19(22)23-17(15)10-14)11-24-18-8-5-12-3-1-2-4-16(12)21-18/h1-10H,11H2. The van der Waals surface area contributed by atoms with E-state index >= 15 is 0 Å². The molecule has 4 aromatic rings. The highest BCUT2D eigenvalue weighted by atomic mass is 79.9. The molecule has 3 nitrogen and oxygen atoms in total. The summed E-state index contributed by atoms with van der Waals surface area (Å²) in [5.74, 6) is 0.662. The molecule has 0 radical (unpaired) electrons. The van der Waals surface area contributed by atoms with Crippen LogP contribution in [0.5, 0.6) is 0 Å². The molecule has 2 aromatic carbocycles. The molecule has 24 heavy (non-hydrogen) atoms. The number of hydrogen-bond donors (Lipinski definition) is 0. The smallest absolute Gasteiger partial charge is 0.336 e. The first-order valence-electron chi connectivity index (χ1n) is 7.40. The van der Waals surface area contributed by atoms with Crippen molar-refractivity contribution in [1.29, 1.82) is 0 Å². The maximum atomic E-state index is 11.8. The lowest BCUT2D eigenvalue weighted by Gasteiger charge is -2.06. The van der Waals surface area contributed by atoms with Gasteiger partial charge in [-0.2, -0.15) is 0 Å².